The molecule has 1 aliphatic carbocycles. The topological polar surface area (TPSA) is 145 Å². The molecule has 2 unspecified atom stereocenters. The standard InChI is InChI=1S/C30H31F4N7O2/c31-23-11-9-20(22(18-6-7-18)10-8-19-4-2-12-40(37)27(19)28(36)42)14-24(23)38-29(43)25-15-26(30(32,33)34)39-41(25)21-5-1-3-17(13-21)16-35/h1-5,9,11-15,18,22,27H,6-8,10,16,35,37H2,(H2,36,42)(H,38,43). The molecule has 2 aromatic carbocycles. The van der Waals surface area contributed by atoms with Crippen LogP contribution in [0.25, 0.3) is 5.69 Å². The molecule has 5 rings (SSSR count). The van der Waals surface area contributed by atoms with Gasteiger partial charge in [0.2, 0.25) is 5.91 Å². The van der Waals surface area contributed by atoms with Crippen molar-refractivity contribution in [2.75, 3.05) is 5.32 Å². The van der Waals surface area contributed by atoms with Crippen LogP contribution in [0.3, 0.4) is 0 Å². The van der Waals surface area contributed by atoms with Gasteiger partial charge in [0.1, 0.15) is 17.6 Å². The number of nitrogens with one attached hydrogen (secondary N) is 1. The molecule has 3 aromatic rings. The molecule has 1 aliphatic heterocycles. The third-order valence-electron chi connectivity index (χ3n) is 7.71. The van der Waals surface area contributed by atoms with Gasteiger partial charge in [-0.05, 0) is 84.6 Å². The van der Waals surface area contributed by atoms with Gasteiger partial charge in [0, 0.05) is 18.8 Å². The van der Waals surface area contributed by atoms with Crippen LogP contribution in [0.15, 0.2) is 72.5 Å². The van der Waals surface area contributed by atoms with Crippen molar-refractivity contribution in [1.82, 2.24) is 14.8 Å². The van der Waals surface area contributed by atoms with E-state index >= 15 is 0 Å². The number of carbonyl (C=O) groups is 2. The highest BCUT2D eigenvalue weighted by molar-refractivity contribution is 6.03. The second-order valence-corrected chi connectivity index (χ2v) is 10.7. The Morgan fingerprint density at radius 2 is 1.88 bits per heavy atom. The molecule has 1 fully saturated rings. The highest BCUT2D eigenvalue weighted by atomic mass is 19.4. The van der Waals surface area contributed by atoms with E-state index in [4.69, 9.17) is 17.3 Å². The van der Waals surface area contributed by atoms with Crippen molar-refractivity contribution in [2.24, 2.45) is 23.2 Å². The molecular formula is C30H31F4N7O2. The lowest BCUT2D eigenvalue weighted by Gasteiger charge is -2.29. The minimum atomic E-state index is -4.81. The summed E-state index contributed by atoms with van der Waals surface area (Å²) in [6, 6.07) is 10.5. The van der Waals surface area contributed by atoms with Crippen molar-refractivity contribution in [3.8, 4) is 5.69 Å². The Morgan fingerprint density at radius 1 is 1.12 bits per heavy atom. The van der Waals surface area contributed by atoms with Gasteiger partial charge in [-0.25, -0.2) is 14.9 Å². The molecule has 43 heavy (non-hydrogen) atoms. The molecular weight excluding hydrogens is 566 g/mol. The number of benzene rings is 2. The molecule has 7 N–H and O–H groups in total. The summed E-state index contributed by atoms with van der Waals surface area (Å²) in [5.41, 5.74) is 11.7. The van der Waals surface area contributed by atoms with Gasteiger partial charge >= 0.3 is 6.18 Å². The largest absolute Gasteiger partial charge is 0.435 e. The lowest BCUT2D eigenvalue weighted by molar-refractivity contribution is -0.141. The maximum absolute atomic E-state index is 15.0. The predicted octanol–water partition coefficient (Wildman–Crippen LogP) is 4.50. The maximum Gasteiger partial charge on any atom is 0.435 e. The third-order valence-corrected chi connectivity index (χ3v) is 7.71. The van der Waals surface area contributed by atoms with E-state index in [1.54, 1.807) is 36.6 Å². The van der Waals surface area contributed by atoms with E-state index in [2.05, 4.69) is 10.4 Å². The molecule has 226 valence electrons. The number of hydrogen-bond acceptors (Lipinski definition) is 6. The zero-order valence-corrected chi connectivity index (χ0v) is 23.0. The number of hydrazine groups is 1. The number of anilines is 1. The summed E-state index contributed by atoms with van der Waals surface area (Å²) in [7, 11) is 0. The lowest BCUT2D eigenvalue weighted by Crippen LogP contribution is -2.47. The molecule has 2 aliphatic rings. The molecule has 2 atom stereocenters. The van der Waals surface area contributed by atoms with Gasteiger partial charge in [-0.2, -0.15) is 18.3 Å². The van der Waals surface area contributed by atoms with Crippen molar-refractivity contribution in [3.05, 3.63) is 101 Å². The molecule has 13 heteroatoms. The van der Waals surface area contributed by atoms with E-state index < -0.39 is 41.2 Å². The van der Waals surface area contributed by atoms with E-state index in [0.29, 0.717) is 30.4 Å². The number of primary amides is 1. The van der Waals surface area contributed by atoms with E-state index in [1.165, 1.54) is 29.3 Å². The number of allylic oxidation sites excluding steroid dienone is 2. The van der Waals surface area contributed by atoms with Crippen LogP contribution in [0, 0.1) is 11.7 Å². The van der Waals surface area contributed by atoms with Crippen LogP contribution in [0.4, 0.5) is 23.2 Å². The monoisotopic (exact) mass is 597 g/mol. The highest BCUT2D eigenvalue weighted by Gasteiger charge is 2.37. The Morgan fingerprint density at radius 3 is 2.56 bits per heavy atom. The Bertz CT molecular complexity index is 1590. The minimum Gasteiger partial charge on any atom is -0.368 e. The molecule has 0 radical (unpaired) electrons. The van der Waals surface area contributed by atoms with E-state index in [0.717, 1.165) is 28.7 Å². The number of amides is 2. The lowest BCUT2D eigenvalue weighted by atomic mass is 9.86. The van der Waals surface area contributed by atoms with Crippen LogP contribution in [0.5, 0.6) is 0 Å². The van der Waals surface area contributed by atoms with Crippen LogP contribution in [-0.2, 0) is 17.5 Å². The normalized spacial score (nSPS) is 17.5. The summed E-state index contributed by atoms with van der Waals surface area (Å²) >= 11 is 0. The number of nitrogens with zero attached hydrogens (tertiary/aromatic N) is 3. The summed E-state index contributed by atoms with van der Waals surface area (Å²) in [5, 5.41) is 7.33. The van der Waals surface area contributed by atoms with E-state index in [9.17, 15) is 27.2 Å². The third kappa shape index (κ3) is 6.62. The first-order valence-corrected chi connectivity index (χ1v) is 13.7. The molecule has 0 bridgehead atoms. The number of aromatic nitrogens is 2. The van der Waals surface area contributed by atoms with Crippen molar-refractivity contribution in [2.45, 2.75) is 50.4 Å². The highest BCUT2D eigenvalue weighted by Crippen LogP contribution is 2.46. The Hall–Kier alpha value is -4.49. The van der Waals surface area contributed by atoms with Crippen molar-refractivity contribution in [3.63, 3.8) is 0 Å². The van der Waals surface area contributed by atoms with Crippen molar-refractivity contribution >= 4 is 17.5 Å². The zero-order chi connectivity index (χ0) is 30.9. The van der Waals surface area contributed by atoms with Crippen LogP contribution in [-0.4, -0.2) is 32.6 Å². The number of rotatable bonds is 10. The summed E-state index contributed by atoms with van der Waals surface area (Å²) < 4.78 is 56.6. The molecule has 1 aromatic heterocycles. The van der Waals surface area contributed by atoms with Gasteiger partial charge in [0.15, 0.2) is 5.69 Å². The van der Waals surface area contributed by atoms with Gasteiger partial charge in [-0.3, -0.25) is 9.59 Å². The summed E-state index contributed by atoms with van der Waals surface area (Å²) in [6.45, 7) is 0.130. The Kier molecular flexibility index (Phi) is 8.38. The number of nitrogens with two attached hydrogens (primary N) is 3. The van der Waals surface area contributed by atoms with E-state index in [-0.39, 0.29) is 23.8 Å². The van der Waals surface area contributed by atoms with Crippen LogP contribution in [0.1, 0.15) is 58.9 Å². The SMILES string of the molecule is NCc1cccc(-n2nc(C(F)(F)F)cc2C(=O)Nc2cc(C(CCC3=CC=CN(N)C3C(N)=O)C3CC3)ccc2F)c1. The average Bonchev–Trinajstić information content (AvgIpc) is 3.69. The fourth-order valence-corrected chi connectivity index (χ4v) is 5.43. The maximum atomic E-state index is 15.0. The van der Waals surface area contributed by atoms with Gasteiger partial charge in [-0.15, -0.1) is 0 Å². The molecule has 0 spiro atoms. The molecule has 2 heterocycles. The Labute approximate surface area is 245 Å². The first-order valence-electron chi connectivity index (χ1n) is 13.7. The predicted molar refractivity (Wildman–Crippen MR) is 152 cm³/mol. The van der Waals surface area contributed by atoms with Crippen LogP contribution < -0.4 is 22.6 Å². The van der Waals surface area contributed by atoms with Gasteiger partial charge < -0.3 is 21.8 Å². The average molecular weight is 598 g/mol. The smallest absolute Gasteiger partial charge is 0.368 e. The molecule has 0 saturated heterocycles. The molecule has 9 nitrogen and oxygen atoms in total. The second kappa shape index (κ2) is 12.0. The minimum absolute atomic E-state index is 0.0239. The Balaban J connectivity index is 1.41. The zero-order valence-electron chi connectivity index (χ0n) is 23.0. The van der Waals surface area contributed by atoms with Gasteiger partial charge in [0.25, 0.3) is 5.91 Å². The fraction of sp³-hybridized carbons (Fsp3) is 0.300. The number of alkyl halides is 3. The number of hydrogen-bond donors (Lipinski definition) is 4. The molecule has 2 amide bonds. The van der Waals surface area contributed by atoms with Crippen molar-refractivity contribution in [1.29, 1.82) is 0 Å². The van der Waals surface area contributed by atoms with Crippen LogP contribution >= 0.6 is 0 Å². The van der Waals surface area contributed by atoms with Gasteiger partial charge in [-0.1, -0.05) is 24.3 Å². The van der Waals surface area contributed by atoms with E-state index in [1.807, 2.05) is 0 Å². The second-order valence-electron chi connectivity index (χ2n) is 10.7. The first kappa shape index (κ1) is 30.0. The quantitative estimate of drug-likeness (QED) is 0.200. The van der Waals surface area contributed by atoms with Gasteiger partial charge in [0.05, 0.1) is 11.4 Å². The summed E-state index contributed by atoms with van der Waals surface area (Å²) in [4.78, 5) is 25.4. The van der Waals surface area contributed by atoms with Crippen LogP contribution in [0.2, 0.25) is 0 Å². The summed E-state index contributed by atoms with van der Waals surface area (Å²) in [6.07, 6.45) is 3.33. The molecule has 1 saturated carbocycles. The summed E-state index contributed by atoms with van der Waals surface area (Å²) in [5.74, 6) is 3.94. The number of halogens is 4. The van der Waals surface area contributed by atoms with Crippen molar-refractivity contribution < 1.29 is 27.2 Å². The fourth-order valence-electron chi connectivity index (χ4n) is 5.43. The number of carbonyl (C=O) groups excluding carboxylic acids is 2. The first-order chi connectivity index (χ1) is 20.5.